The molecule has 5 nitrogen and oxygen atoms in total. The van der Waals surface area contributed by atoms with Gasteiger partial charge in [0.2, 0.25) is 11.8 Å². The normalized spacial score (nSPS) is 16.7. The van der Waals surface area contributed by atoms with Crippen LogP contribution in [0.2, 0.25) is 10.0 Å². The molecule has 0 saturated carbocycles. The van der Waals surface area contributed by atoms with E-state index < -0.39 is 0 Å². The molecule has 2 aromatic carbocycles. The molecule has 0 radical (unpaired) electrons. The van der Waals surface area contributed by atoms with Gasteiger partial charge in [-0.25, -0.2) is 0 Å². The monoisotopic (exact) mass is 415 g/mol. The Morgan fingerprint density at radius 3 is 2.68 bits per heavy atom. The van der Waals surface area contributed by atoms with Gasteiger partial charge in [-0.3, -0.25) is 9.59 Å². The maximum Gasteiger partial charge on any atom is 0.227 e. The van der Waals surface area contributed by atoms with Gasteiger partial charge in [0.1, 0.15) is 0 Å². The van der Waals surface area contributed by atoms with Crippen molar-refractivity contribution in [2.45, 2.75) is 12.8 Å². The van der Waals surface area contributed by atoms with Gasteiger partial charge in [0.15, 0.2) is 0 Å². The Morgan fingerprint density at radius 1 is 1.14 bits per heavy atom. The molecule has 2 amide bonds. The van der Waals surface area contributed by atoms with E-state index >= 15 is 0 Å². The number of H-pyrrole nitrogens is 1. The second-order valence-electron chi connectivity index (χ2n) is 6.93. The van der Waals surface area contributed by atoms with Crippen LogP contribution < -0.4 is 10.2 Å². The summed E-state index contributed by atoms with van der Waals surface area (Å²) >= 11 is 12.0. The predicted octanol–water partition coefficient (Wildman–Crippen LogP) is 4.19. The molecule has 1 aliphatic heterocycles. The number of amides is 2. The summed E-state index contributed by atoms with van der Waals surface area (Å²) in [5.74, 6) is -0.489. The van der Waals surface area contributed by atoms with Crippen molar-refractivity contribution in [3.63, 3.8) is 0 Å². The minimum absolute atomic E-state index is 0.0475. The van der Waals surface area contributed by atoms with Crippen LogP contribution in [-0.4, -0.2) is 29.9 Å². The molecule has 1 aliphatic rings. The van der Waals surface area contributed by atoms with Crippen molar-refractivity contribution in [2.24, 2.45) is 5.92 Å². The summed E-state index contributed by atoms with van der Waals surface area (Å²) in [6, 6.07) is 12.8. The Labute approximate surface area is 172 Å². The fourth-order valence-corrected chi connectivity index (χ4v) is 3.87. The number of nitrogens with one attached hydrogen (secondary N) is 2. The molecule has 28 heavy (non-hydrogen) atoms. The van der Waals surface area contributed by atoms with Crippen LogP contribution in [0.4, 0.5) is 5.69 Å². The minimum Gasteiger partial charge on any atom is -0.361 e. The van der Waals surface area contributed by atoms with Crippen molar-refractivity contribution in [2.75, 3.05) is 18.0 Å². The highest BCUT2D eigenvalue weighted by Crippen LogP contribution is 2.26. The number of hydrogen-bond donors (Lipinski definition) is 2. The first-order chi connectivity index (χ1) is 13.5. The van der Waals surface area contributed by atoms with E-state index in [-0.39, 0.29) is 24.2 Å². The van der Waals surface area contributed by atoms with Gasteiger partial charge < -0.3 is 15.2 Å². The lowest BCUT2D eigenvalue weighted by molar-refractivity contribution is -0.126. The quantitative estimate of drug-likeness (QED) is 0.655. The third kappa shape index (κ3) is 3.86. The molecule has 0 bridgehead atoms. The van der Waals surface area contributed by atoms with Crippen LogP contribution in [0.1, 0.15) is 12.0 Å². The Morgan fingerprint density at radius 2 is 1.89 bits per heavy atom. The predicted molar refractivity (Wildman–Crippen MR) is 112 cm³/mol. The summed E-state index contributed by atoms with van der Waals surface area (Å²) < 4.78 is 0. The van der Waals surface area contributed by atoms with E-state index in [1.807, 2.05) is 24.4 Å². The zero-order valence-corrected chi connectivity index (χ0v) is 16.6. The first kappa shape index (κ1) is 18.8. The van der Waals surface area contributed by atoms with Gasteiger partial charge in [-0.1, -0.05) is 23.2 Å². The highest BCUT2D eigenvalue weighted by Gasteiger charge is 2.34. The first-order valence-corrected chi connectivity index (χ1v) is 9.86. The van der Waals surface area contributed by atoms with Gasteiger partial charge >= 0.3 is 0 Å². The molecule has 1 saturated heterocycles. The lowest BCUT2D eigenvalue weighted by atomic mass is 10.1. The van der Waals surface area contributed by atoms with Gasteiger partial charge in [-0.15, -0.1) is 0 Å². The summed E-state index contributed by atoms with van der Waals surface area (Å²) in [4.78, 5) is 29.7. The van der Waals surface area contributed by atoms with Gasteiger partial charge in [0.05, 0.1) is 5.92 Å². The zero-order chi connectivity index (χ0) is 19.7. The van der Waals surface area contributed by atoms with Crippen molar-refractivity contribution in [3.8, 4) is 0 Å². The van der Waals surface area contributed by atoms with Crippen LogP contribution in [0.5, 0.6) is 0 Å². The fourth-order valence-electron chi connectivity index (χ4n) is 3.58. The number of anilines is 1. The first-order valence-electron chi connectivity index (χ1n) is 9.10. The maximum atomic E-state index is 12.5. The SMILES string of the molecule is O=C(NCCc1c[nH]c2ccc(Cl)cc12)C1CC(=O)N(c2ccc(Cl)cc2)C1. The van der Waals surface area contributed by atoms with E-state index in [4.69, 9.17) is 23.2 Å². The number of aromatic amines is 1. The lowest BCUT2D eigenvalue weighted by Gasteiger charge is -2.16. The van der Waals surface area contributed by atoms with Gasteiger partial charge in [-0.05, 0) is 54.4 Å². The fraction of sp³-hybridized carbons (Fsp3) is 0.238. The third-order valence-corrected chi connectivity index (χ3v) is 5.54. The Balaban J connectivity index is 1.34. The van der Waals surface area contributed by atoms with Crippen molar-refractivity contribution < 1.29 is 9.59 Å². The van der Waals surface area contributed by atoms with Crippen LogP contribution in [-0.2, 0) is 16.0 Å². The molecule has 2 heterocycles. The average molecular weight is 416 g/mol. The molecule has 3 aromatic rings. The van der Waals surface area contributed by atoms with E-state index in [1.165, 1.54) is 0 Å². The van der Waals surface area contributed by atoms with E-state index in [0.717, 1.165) is 22.2 Å². The number of fused-ring (bicyclic) bond motifs is 1. The van der Waals surface area contributed by atoms with E-state index in [9.17, 15) is 9.59 Å². The van der Waals surface area contributed by atoms with Gasteiger partial charge in [0, 0.05) is 52.3 Å². The number of carbonyl (C=O) groups is 2. The molecule has 4 rings (SSSR count). The number of hydrogen-bond acceptors (Lipinski definition) is 2. The highest BCUT2D eigenvalue weighted by atomic mass is 35.5. The van der Waals surface area contributed by atoms with Crippen LogP contribution in [0, 0.1) is 5.92 Å². The molecule has 1 aromatic heterocycles. The standard InChI is InChI=1S/C21H19Cl2N3O2/c22-15-1-4-17(5-2-15)26-12-14(9-20(26)27)21(28)24-8-7-13-11-25-19-6-3-16(23)10-18(13)19/h1-6,10-11,14,25H,7-9,12H2,(H,24,28). The topological polar surface area (TPSA) is 65.2 Å². The second-order valence-corrected chi connectivity index (χ2v) is 7.80. The second kappa shape index (κ2) is 7.86. The van der Waals surface area contributed by atoms with Crippen molar-refractivity contribution >= 4 is 51.6 Å². The molecule has 1 unspecified atom stereocenters. The lowest BCUT2D eigenvalue weighted by Crippen LogP contribution is -2.34. The summed E-state index contributed by atoms with van der Waals surface area (Å²) in [6.45, 7) is 0.888. The van der Waals surface area contributed by atoms with Gasteiger partial charge in [0.25, 0.3) is 0 Å². The largest absolute Gasteiger partial charge is 0.361 e. The van der Waals surface area contributed by atoms with E-state index in [2.05, 4.69) is 10.3 Å². The number of carbonyl (C=O) groups excluding carboxylic acids is 2. The Kier molecular flexibility index (Phi) is 5.29. The number of aromatic nitrogens is 1. The highest BCUT2D eigenvalue weighted by molar-refractivity contribution is 6.31. The van der Waals surface area contributed by atoms with E-state index in [1.54, 1.807) is 29.2 Å². The van der Waals surface area contributed by atoms with Gasteiger partial charge in [-0.2, -0.15) is 0 Å². The molecule has 0 aliphatic carbocycles. The number of rotatable bonds is 5. The molecule has 1 fully saturated rings. The molecular weight excluding hydrogens is 397 g/mol. The van der Waals surface area contributed by atoms with Crippen LogP contribution in [0.15, 0.2) is 48.7 Å². The molecule has 144 valence electrons. The van der Waals surface area contributed by atoms with Crippen molar-refractivity contribution in [1.29, 1.82) is 0 Å². The summed E-state index contributed by atoms with van der Waals surface area (Å²) in [5.41, 5.74) is 2.88. The number of benzene rings is 2. The minimum atomic E-state index is -0.347. The summed E-state index contributed by atoms with van der Waals surface area (Å²) in [7, 11) is 0. The molecule has 0 spiro atoms. The summed E-state index contributed by atoms with van der Waals surface area (Å²) in [6.07, 6.45) is 2.85. The van der Waals surface area contributed by atoms with Crippen LogP contribution in [0.3, 0.4) is 0 Å². The summed E-state index contributed by atoms with van der Waals surface area (Å²) in [5, 5.41) is 5.32. The smallest absolute Gasteiger partial charge is 0.227 e. The van der Waals surface area contributed by atoms with Crippen LogP contribution >= 0.6 is 23.2 Å². The molecule has 2 N–H and O–H groups in total. The Hall–Kier alpha value is -2.50. The average Bonchev–Trinajstić information content (AvgIpc) is 3.26. The molecule has 7 heteroatoms. The van der Waals surface area contributed by atoms with Crippen molar-refractivity contribution in [1.82, 2.24) is 10.3 Å². The Bertz CT molecular complexity index is 1030. The number of nitrogens with zero attached hydrogens (tertiary/aromatic N) is 1. The third-order valence-electron chi connectivity index (χ3n) is 5.06. The molecule has 1 atom stereocenters. The number of halogens is 2. The zero-order valence-electron chi connectivity index (χ0n) is 15.0. The van der Waals surface area contributed by atoms with Crippen LogP contribution in [0.25, 0.3) is 10.9 Å². The van der Waals surface area contributed by atoms with E-state index in [0.29, 0.717) is 29.6 Å². The maximum absolute atomic E-state index is 12.5. The molecular formula is C21H19Cl2N3O2. The van der Waals surface area contributed by atoms with Crippen molar-refractivity contribution in [3.05, 3.63) is 64.3 Å².